The van der Waals surface area contributed by atoms with Crippen molar-refractivity contribution in [2.24, 2.45) is 0 Å². The van der Waals surface area contributed by atoms with Gasteiger partial charge in [0.25, 0.3) is 0 Å². The van der Waals surface area contributed by atoms with Gasteiger partial charge >= 0.3 is 0 Å². The summed E-state index contributed by atoms with van der Waals surface area (Å²) in [5, 5.41) is 4.09. The Morgan fingerprint density at radius 2 is 1.75 bits per heavy atom. The first kappa shape index (κ1) is 17.4. The summed E-state index contributed by atoms with van der Waals surface area (Å²) >= 11 is 0. The molecule has 0 radical (unpaired) electrons. The van der Waals surface area contributed by atoms with E-state index in [0.29, 0.717) is 24.6 Å². The van der Waals surface area contributed by atoms with Crippen LogP contribution in [0.25, 0.3) is 11.4 Å². The van der Waals surface area contributed by atoms with Gasteiger partial charge in [0.1, 0.15) is 4.90 Å². The van der Waals surface area contributed by atoms with Crippen molar-refractivity contribution < 1.29 is 12.9 Å². The smallest absolute Gasteiger partial charge is 0.245 e. The maximum Gasteiger partial charge on any atom is 0.245 e. The third-order valence-corrected chi connectivity index (χ3v) is 7.59. The molecular weight excluding hydrogens is 378 g/mol. The van der Waals surface area contributed by atoms with Crippen LogP contribution in [0.4, 0.5) is 0 Å². The maximum absolute atomic E-state index is 13.1. The van der Waals surface area contributed by atoms with Crippen LogP contribution in [-0.4, -0.2) is 44.9 Å². The lowest BCUT2D eigenvalue weighted by molar-refractivity contribution is 0.202. The van der Waals surface area contributed by atoms with Crippen molar-refractivity contribution in [3.05, 3.63) is 54.9 Å². The summed E-state index contributed by atoms with van der Waals surface area (Å²) in [7, 11) is -3.54. The molecular formula is C19H19N5O3S. The molecule has 2 aliphatic heterocycles. The zero-order valence-electron chi connectivity index (χ0n) is 15.0. The molecule has 144 valence electrons. The van der Waals surface area contributed by atoms with Crippen molar-refractivity contribution in [3.63, 3.8) is 0 Å². The molecule has 3 aromatic heterocycles. The largest absolute Gasteiger partial charge is 0.339 e. The summed E-state index contributed by atoms with van der Waals surface area (Å²) in [6, 6.07) is 6.83. The molecule has 0 N–H and O–H groups in total. The van der Waals surface area contributed by atoms with Gasteiger partial charge in [-0.3, -0.25) is 9.97 Å². The van der Waals surface area contributed by atoms with E-state index in [2.05, 4.69) is 20.1 Å². The Morgan fingerprint density at radius 3 is 2.43 bits per heavy atom. The van der Waals surface area contributed by atoms with Crippen LogP contribution >= 0.6 is 0 Å². The highest BCUT2D eigenvalue weighted by atomic mass is 32.2. The molecule has 2 aliphatic rings. The highest BCUT2D eigenvalue weighted by Crippen LogP contribution is 2.45. The van der Waals surface area contributed by atoms with E-state index in [0.717, 1.165) is 18.4 Å². The van der Waals surface area contributed by atoms with Crippen molar-refractivity contribution in [3.8, 4) is 11.4 Å². The highest BCUT2D eigenvalue weighted by Gasteiger charge is 2.48. The fourth-order valence-electron chi connectivity index (χ4n) is 4.37. The molecule has 5 rings (SSSR count). The van der Waals surface area contributed by atoms with Crippen molar-refractivity contribution in [2.75, 3.05) is 0 Å². The van der Waals surface area contributed by atoms with Crippen LogP contribution in [0.5, 0.6) is 0 Å². The number of sulfonamides is 1. The maximum atomic E-state index is 13.1. The molecule has 0 saturated carbocycles. The molecule has 2 fully saturated rings. The number of rotatable bonds is 4. The van der Waals surface area contributed by atoms with Crippen molar-refractivity contribution in [1.82, 2.24) is 24.4 Å². The molecule has 0 amide bonds. The van der Waals surface area contributed by atoms with E-state index < -0.39 is 10.0 Å². The van der Waals surface area contributed by atoms with E-state index in [9.17, 15) is 8.42 Å². The predicted molar refractivity (Wildman–Crippen MR) is 99.6 cm³/mol. The van der Waals surface area contributed by atoms with E-state index in [1.165, 1.54) is 6.20 Å². The number of fused-ring (bicyclic) bond motifs is 2. The molecule has 0 aliphatic carbocycles. The lowest BCUT2D eigenvalue weighted by atomic mass is 9.92. The lowest BCUT2D eigenvalue weighted by Crippen LogP contribution is -2.46. The van der Waals surface area contributed by atoms with Gasteiger partial charge in [0.15, 0.2) is 0 Å². The number of hydrogen-bond acceptors (Lipinski definition) is 7. The lowest BCUT2D eigenvalue weighted by Gasteiger charge is -2.36. The number of hydrogen-bond donors (Lipinski definition) is 0. The van der Waals surface area contributed by atoms with Gasteiger partial charge < -0.3 is 4.52 Å². The Labute approximate surface area is 162 Å². The molecule has 3 atom stereocenters. The second-order valence-corrected chi connectivity index (χ2v) is 9.11. The Hall–Kier alpha value is -2.65. The minimum absolute atomic E-state index is 0.0507. The molecule has 9 heteroatoms. The van der Waals surface area contributed by atoms with Crippen molar-refractivity contribution in [1.29, 1.82) is 0 Å². The van der Waals surface area contributed by atoms with Gasteiger partial charge in [-0.2, -0.15) is 9.29 Å². The van der Waals surface area contributed by atoms with Crippen LogP contribution < -0.4 is 0 Å². The molecule has 5 heterocycles. The van der Waals surface area contributed by atoms with E-state index in [4.69, 9.17) is 4.52 Å². The second kappa shape index (κ2) is 6.75. The normalized spacial score (nSPS) is 25.1. The molecule has 8 nitrogen and oxygen atoms in total. The predicted octanol–water partition coefficient (Wildman–Crippen LogP) is 2.63. The average molecular weight is 397 g/mol. The topological polar surface area (TPSA) is 102 Å². The third-order valence-electron chi connectivity index (χ3n) is 5.61. The fourth-order valence-corrected chi connectivity index (χ4v) is 6.22. The monoisotopic (exact) mass is 397 g/mol. The third kappa shape index (κ3) is 2.91. The number of aromatic nitrogens is 4. The first-order valence-corrected chi connectivity index (χ1v) is 10.7. The highest BCUT2D eigenvalue weighted by molar-refractivity contribution is 7.89. The van der Waals surface area contributed by atoms with E-state index in [1.54, 1.807) is 35.0 Å². The van der Waals surface area contributed by atoms with E-state index >= 15 is 0 Å². The Morgan fingerprint density at radius 1 is 1.00 bits per heavy atom. The van der Waals surface area contributed by atoms with Gasteiger partial charge in [-0.1, -0.05) is 5.16 Å². The van der Waals surface area contributed by atoms with Crippen LogP contribution in [0.2, 0.25) is 0 Å². The van der Waals surface area contributed by atoms with Crippen molar-refractivity contribution >= 4 is 10.0 Å². The summed E-state index contributed by atoms with van der Waals surface area (Å²) < 4.78 is 33.4. The number of pyridine rings is 2. The molecule has 28 heavy (non-hydrogen) atoms. The summed E-state index contributed by atoms with van der Waals surface area (Å²) in [5.41, 5.74) is 0.851. The first-order chi connectivity index (χ1) is 13.6. The summed E-state index contributed by atoms with van der Waals surface area (Å²) in [6.45, 7) is 0. The molecule has 2 bridgehead atoms. The van der Waals surface area contributed by atoms with Crippen LogP contribution in [-0.2, 0) is 10.0 Å². The van der Waals surface area contributed by atoms with Gasteiger partial charge in [-0.15, -0.1) is 0 Å². The second-order valence-electron chi connectivity index (χ2n) is 7.27. The molecule has 2 saturated heterocycles. The van der Waals surface area contributed by atoms with Gasteiger partial charge in [0.2, 0.25) is 21.7 Å². The van der Waals surface area contributed by atoms with Gasteiger partial charge in [-0.05, 0) is 49.9 Å². The Kier molecular flexibility index (Phi) is 4.21. The summed E-state index contributed by atoms with van der Waals surface area (Å²) in [5.74, 6) is 1.19. The minimum Gasteiger partial charge on any atom is -0.339 e. The van der Waals surface area contributed by atoms with Crippen molar-refractivity contribution in [2.45, 2.75) is 48.6 Å². The van der Waals surface area contributed by atoms with Crippen LogP contribution in [0.1, 0.15) is 37.5 Å². The molecule has 1 unspecified atom stereocenters. The number of nitrogens with zero attached hydrogens (tertiary/aromatic N) is 5. The van der Waals surface area contributed by atoms with Crippen LogP contribution in [0, 0.1) is 0 Å². The van der Waals surface area contributed by atoms with E-state index in [-0.39, 0.29) is 22.9 Å². The fraction of sp³-hybridized carbons (Fsp3) is 0.368. The Balaban J connectivity index is 1.39. The Bertz CT molecular complexity index is 1060. The quantitative estimate of drug-likeness (QED) is 0.667. The molecule has 3 aromatic rings. The van der Waals surface area contributed by atoms with Gasteiger partial charge in [0.05, 0.1) is 0 Å². The molecule has 0 spiro atoms. The first-order valence-electron chi connectivity index (χ1n) is 9.30. The SMILES string of the molecule is O=S(=O)(c1cccnc1)N1[C@@H]2CC[C@H]1CC(c1nc(-c3ccncc3)no1)C2. The zero-order chi connectivity index (χ0) is 19.1. The minimum atomic E-state index is -3.54. The van der Waals surface area contributed by atoms with E-state index in [1.807, 2.05) is 12.1 Å². The van der Waals surface area contributed by atoms with Crippen LogP contribution in [0.15, 0.2) is 58.5 Å². The summed E-state index contributed by atoms with van der Waals surface area (Å²) in [6.07, 6.45) is 9.45. The molecule has 0 aromatic carbocycles. The number of piperidine rings is 1. The standard InChI is InChI=1S/C19H19N5O3S/c25-28(26,17-2-1-7-21-12-17)24-15-3-4-16(24)11-14(10-15)19-22-18(23-27-19)13-5-8-20-9-6-13/h1-2,5-9,12,14-16H,3-4,10-11H2/t14?,15-,16+. The average Bonchev–Trinajstić information content (AvgIpc) is 3.33. The van der Waals surface area contributed by atoms with Crippen LogP contribution in [0.3, 0.4) is 0 Å². The summed E-state index contributed by atoms with van der Waals surface area (Å²) in [4.78, 5) is 12.8. The van der Waals surface area contributed by atoms with Gasteiger partial charge in [0, 0.05) is 48.4 Å². The zero-order valence-corrected chi connectivity index (χ0v) is 15.9. The van der Waals surface area contributed by atoms with Gasteiger partial charge in [-0.25, -0.2) is 8.42 Å².